The minimum absolute atomic E-state index is 0.133. The molecule has 18 heavy (non-hydrogen) atoms. The molecule has 0 amide bonds. The van der Waals surface area contributed by atoms with Crippen molar-refractivity contribution in [2.45, 2.75) is 13.1 Å². The molecule has 6 heteroatoms. The van der Waals surface area contributed by atoms with Gasteiger partial charge >= 0.3 is 6.18 Å². The lowest BCUT2D eigenvalue weighted by Crippen LogP contribution is -2.24. The normalized spacial score (nSPS) is 13.4. The van der Waals surface area contributed by atoms with Gasteiger partial charge < -0.3 is 5.32 Å². The van der Waals surface area contributed by atoms with Crippen LogP contribution >= 0.6 is 0 Å². The molecule has 1 N–H and O–H groups in total. The zero-order valence-corrected chi connectivity index (χ0v) is 9.94. The van der Waals surface area contributed by atoms with Gasteiger partial charge in [0.15, 0.2) is 5.78 Å². The number of halogens is 4. The van der Waals surface area contributed by atoms with Crippen LogP contribution in [0.15, 0.2) is 18.2 Å². The van der Waals surface area contributed by atoms with Crippen molar-refractivity contribution in [3.63, 3.8) is 0 Å². The van der Waals surface area contributed by atoms with Gasteiger partial charge in [-0.15, -0.1) is 0 Å². The van der Waals surface area contributed by atoms with Crippen molar-refractivity contribution in [3.05, 3.63) is 35.1 Å². The number of benzene rings is 1. The minimum Gasteiger partial charge on any atom is -0.319 e. The Morgan fingerprint density at radius 1 is 1.39 bits per heavy atom. The van der Waals surface area contributed by atoms with Gasteiger partial charge in [0.1, 0.15) is 5.82 Å². The quantitative estimate of drug-likeness (QED) is 0.668. The van der Waals surface area contributed by atoms with Gasteiger partial charge in [0.2, 0.25) is 0 Å². The van der Waals surface area contributed by atoms with E-state index in [9.17, 15) is 22.4 Å². The molecule has 0 fully saturated rings. The fourth-order valence-corrected chi connectivity index (χ4v) is 1.58. The van der Waals surface area contributed by atoms with Crippen LogP contribution in [0, 0.1) is 11.7 Å². The molecule has 0 spiro atoms. The third-order valence-corrected chi connectivity index (χ3v) is 2.51. The number of nitrogens with one attached hydrogen (secondary N) is 1. The number of hydrogen-bond donors (Lipinski definition) is 1. The third kappa shape index (κ3) is 3.29. The van der Waals surface area contributed by atoms with Gasteiger partial charge in [0, 0.05) is 18.0 Å². The first-order chi connectivity index (χ1) is 8.27. The average Bonchev–Trinajstić information content (AvgIpc) is 2.27. The van der Waals surface area contributed by atoms with Gasteiger partial charge in [-0.3, -0.25) is 4.79 Å². The lowest BCUT2D eigenvalue weighted by molar-refractivity contribution is -0.140. The Hall–Kier alpha value is -1.43. The summed E-state index contributed by atoms with van der Waals surface area (Å²) in [7, 11) is 1.63. The Kier molecular flexibility index (Phi) is 4.45. The highest BCUT2D eigenvalue weighted by Gasteiger charge is 2.34. The molecule has 1 aromatic carbocycles. The van der Waals surface area contributed by atoms with Gasteiger partial charge in [0.25, 0.3) is 0 Å². The van der Waals surface area contributed by atoms with Crippen molar-refractivity contribution in [2.24, 2.45) is 5.92 Å². The van der Waals surface area contributed by atoms with Crippen LogP contribution in [0.3, 0.4) is 0 Å². The first-order valence-electron chi connectivity index (χ1n) is 5.33. The second-order valence-corrected chi connectivity index (χ2v) is 4.02. The Bertz CT molecular complexity index is 442. The van der Waals surface area contributed by atoms with Crippen LogP contribution in [0.4, 0.5) is 17.6 Å². The highest BCUT2D eigenvalue weighted by Crippen LogP contribution is 2.32. The predicted octanol–water partition coefficient (Wildman–Crippen LogP) is 2.88. The molecule has 0 saturated heterocycles. The highest BCUT2D eigenvalue weighted by atomic mass is 19.4. The first kappa shape index (κ1) is 14.6. The topological polar surface area (TPSA) is 29.1 Å². The lowest BCUT2D eigenvalue weighted by Gasteiger charge is -2.12. The van der Waals surface area contributed by atoms with Gasteiger partial charge in [-0.2, -0.15) is 13.2 Å². The zero-order chi connectivity index (χ0) is 13.9. The molecule has 100 valence electrons. The molecule has 1 unspecified atom stereocenters. The molecule has 0 saturated carbocycles. The fourth-order valence-electron chi connectivity index (χ4n) is 1.58. The molecule has 0 aliphatic carbocycles. The molecular weight excluding hydrogens is 250 g/mol. The summed E-state index contributed by atoms with van der Waals surface area (Å²) in [6.45, 7) is 1.94. The largest absolute Gasteiger partial charge is 0.419 e. The van der Waals surface area contributed by atoms with Crippen LogP contribution in [-0.2, 0) is 6.18 Å². The Morgan fingerprint density at radius 2 is 2.00 bits per heavy atom. The standard InChI is InChI=1S/C12H13F4NO/c1-7(6-17-2)11(18)8-3-4-10(13)9(5-8)12(14,15)16/h3-5,7,17H,6H2,1-2H3. The smallest absolute Gasteiger partial charge is 0.319 e. The molecule has 0 aromatic heterocycles. The second-order valence-electron chi connectivity index (χ2n) is 4.02. The third-order valence-electron chi connectivity index (χ3n) is 2.51. The van der Waals surface area contributed by atoms with Crippen LogP contribution < -0.4 is 5.32 Å². The van der Waals surface area contributed by atoms with Gasteiger partial charge in [-0.1, -0.05) is 6.92 Å². The van der Waals surface area contributed by atoms with E-state index in [1.165, 1.54) is 0 Å². The van der Waals surface area contributed by atoms with Crippen molar-refractivity contribution >= 4 is 5.78 Å². The Labute approximate surface area is 102 Å². The molecule has 1 atom stereocenters. The number of ketones is 1. The summed E-state index contributed by atoms with van der Waals surface area (Å²) in [6.07, 6.45) is -4.80. The van der Waals surface area contributed by atoms with Crippen LogP contribution in [-0.4, -0.2) is 19.4 Å². The minimum atomic E-state index is -4.80. The molecule has 0 aliphatic rings. The van der Waals surface area contributed by atoms with E-state index in [1.54, 1.807) is 14.0 Å². The maximum absolute atomic E-state index is 13.0. The van der Waals surface area contributed by atoms with Crippen molar-refractivity contribution in [1.82, 2.24) is 5.32 Å². The van der Waals surface area contributed by atoms with E-state index in [4.69, 9.17) is 0 Å². The Morgan fingerprint density at radius 3 is 2.50 bits per heavy atom. The number of rotatable bonds is 4. The van der Waals surface area contributed by atoms with E-state index in [2.05, 4.69) is 5.32 Å². The number of carbonyl (C=O) groups excluding carboxylic acids is 1. The summed E-state index contributed by atoms with van der Waals surface area (Å²) in [5.41, 5.74) is -1.54. The molecule has 1 aromatic rings. The predicted molar refractivity (Wildman–Crippen MR) is 58.8 cm³/mol. The number of alkyl halides is 3. The zero-order valence-electron chi connectivity index (χ0n) is 9.94. The highest BCUT2D eigenvalue weighted by molar-refractivity contribution is 5.98. The van der Waals surface area contributed by atoms with Crippen LogP contribution in [0.2, 0.25) is 0 Å². The summed E-state index contributed by atoms with van der Waals surface area (Å²) >= 11 is 0. The monoisotopic (exact) mass is 263 g/mol. The molecule has 1 rings (SSSR count). The fraction of sp³-hybridized carbons (Fsp3) is 0.417. The summed E-state index contributed by atoms with van der Waals surface area (Å²) in [5, 5.41) is 2.76. The van der Waals surface area contributed by atoms with Gasteiger partial charge in [-0.25, -0.2) is 4.39 Å². The molecule has 0 bridgehead atoms. The summed E-state index contributed by atoms with van der Waals surface area (Å²) in [4.78, 5) is 11.8. The van der Waals surface area contributed by atoms with Crippen LogP contribution in [0.1, 0.15) is 22.8 Å². The Balaban J connectivity index is 3.09. The molecule has 0 heterocycles. The van der Waals surface area contributed by atoms with Crippen molar-refractivity contribution in [1.29, 1.82) is 0 Å². The van der Waals surface area contributed by atoms with Crippen molar-refractivity contribution < 1.29 is 22.4 Å². The molecule has 0 radical (unpaired) electrons. The molecule has 0 aliphatic heterocycles. The van der Waals surface area contributed by atoms with E-state index < -0.39 is 29.3 Å². The van der Waals surface area contributed by atoms with Gasteiger partial charge in [-0.05, 0) is 25.2 Å². The summed E-state index contributed by atoms with van der Waals surface area (Å²) in [5.74, 6) is -2.29. The SMILES string of the molecule is CNCC(C)C(=O)c1ccc(F)c(C(F)(F)F)c1. The number of carbonyl (C=O) groups is 1. The molecule has 2 nitrogen and oxygen atoms in total. The summed E-state index contributed by atoms with van der Waals surface area (Å²) < 4.78 is 50.5. The van der Waals surface area contributed by atoms with Crippen LogP contribution in [0.5, 0.6) is 0 Å². The second kappa shape index (κ2) is 5.48. The maximum Gasteiger partial charge on any atom is 0.419 e. The van der Waals surface area contributed by atoms with Crippen LogP contribution in [0.25, 0.3) is 0 Å². The van der Waals surface area contributed by atoms with E-state index in [0.29, 0.717) is 18.7 Å². The van der Waals surface area contributed by atoms with Gasteiger partial charge in [0.05, 0.1) is 5.56 Å². The maximum atomic E-state index is 13.0. The van der Waals surface area contributed by atoms with E-state index in [0.717, 1.165) is 6.07 Å². The molecular formula is C12H13F4NO. The van der Waals surface area contributed by atoms with E-state index in [-0.39, 0.29) is 5.56 Å². The average molecular weight is 263 g/mol. The van der Waals surface area contributed by atoms with Crippen molar-refractivity contribution in [3.8, 4) is 0 Å². The number of hydrogen-bond acceptors (Lipinski definition) is 2. The number of Topliss-reactive ketones (excluding diaryl/α,β-unsaturated/α-hetero) is 1. The lowest BCUT2D eigenvalue weighted by atomic mass is 9.97. The first-order valence-corrected chi connectivity index (χ1v) is 5.33. The summed E-state index contributed by atoms with van der Waals surface area (Å²) in [6, 6.07) is 2.30. The van der Waals surface area contributed by atoms with E-state index >= 15 is 0 Å². The van der Waals surface area contributed by atoms with Crippen molar-refractivity contribution in [2.75, 3.05) is 13.6 Å². The van der Waals surface area contributed by atoms with E-state index in [1.807, 2.05) is 0 Å².